The molecule has 0 aliphatic heterocycles. The first-order valence-corrected chi connectivity index (χ1v) is 7.71. The van der Waals surface area contributed by atoms with Gasteiger partial charge in [0.2, 0.25) is 0 Å². The van der Waals surface area contributed by atoms with Crippen molar-refractivity contribution in [3.63, 3.8) is 0 Å². The Morgan fingerprint density at radius 1 is 1.12 bits per heavy atom. The summed E-state index contributed by atoms with van der Waals surface area (Å²) in [6.45, 7) is 4.41. The summed E-state index contributed by atoms with van der Waals surface area (Å²) in [6.07, 6.45) is 6.17. The molecule has 0 amide bonds. The summed E-state index contributed by atoms with van der Waals surface area (Å²) in [6, 6.07) is 8.25. The van der Waals surface area contributed by atoms with E-state index in [2.05, 4.69) is 26.0 Å². The summed E-state index contributed by atoms with van der Waals surface area (Å²) in [5.74, 6) is 0. The maximum Gasteiger partial charge on any atom is 0.0597 e. The third kappa shape index (κ3) is 1.61. The van der Waals surface area contributed by atoms with Crippen LogP contribution in [0, 0.1) is 12.3 Å². The Balaban J connectivity index is 1.90. The number of fused-ring (bicyclic) bond motifs is 1. The first-order chi connectivity index (χ1) is 8.07. The van der Waals surface area contributed by atoms with E-state index in [1.165, 1.54) is 31.2 Å². The minimum Gasteiger partial charge on any atom is -0.254 e. The fraction of sp³-hybridized carbons (Fsp3) is 0.600. The molecule has 0 saturated heterocycles. The average Bonchev–Trinajstić information content (AvgIpc) is 2.97. The quantitative estimate of drug-likeness (QED) is 0.777. The number of benzene rings is 1. The van der Waals surface area contributed by atoms with Crippen LogP contribution in [0.25, 0.3) is 0 Å². The molecule has 1 unspecified atom stereocenters. The zero-order valence-electron chi connectivity index (χ0n) is 10.7. The Labute approximate surface area is 106 Å². The minimum atomic E-state index is -0.809. The Bertz CT molecular complexity index is 460. The van der Waals surface area contributed by atoms with Crippen molar-refractivity contribution in [3.05, 3.63) is 29.8 Å². The van der Waals surface area contributed by atoms with E-state index in [-0.39, 0.29) is 4.75 Å². The summed E-state index contributed by atoms with van der Waals surface area (Å²) < 4.78 is 12.9. The van der Waals surface area contributed by atoms with Crippen LogP contribution in [-0.2, 0) is 10.8 Å². The molecule has 1 aromatic carbocycles. The van der Waals surface area contributed by atoms with Crippen molar-refractivity contribution in [1.82, 2.24) is 0 Å². The Morgan fingerprint density at radius 2 is 1.76 bits per heavy atom. The lowest BCUT2D eigenvalue weighted by Gasteiger charge is -2.27. The van der Waals surface area contributed by atoms with Gasteiger partial charge in [-0.2, -0.15) is 0 Å². The van der Waals surface area contributed by atoms with Crippen molar-refractivity contribution < 1.29 is 4.21 Å². The topological polar surface area (TPSA) is 17.1 Å². The zero-order chi connectivity index (χ0) is 12.1. The van der Waals surface area contributed by atoms with Crippen molar-refractivity contribution >= 4 is 10.8 Å². The van der Waals surface area contributed by atoms with Gasteiger partial charge in [-0.1, -0.05) is 37.5 Å². The largest absolute Gasteiger partial charge is 0.254 e. The molecule has 3 rings (SSSR count). The van der Waals surface area contributed by atoms with Gasteiger partial charge in [0.15, 0.2) is 0 Å². The van der Waals surface area contributed by atoms with Gasteiger partial charge in [-0.05, 0) is 43.7 Å². The van der Waals surface area contributed by atoms with Crippen molar-refractivity contribution in [2.45, 2.75) is 55.6 Å². The predicted molar refractivity (Wildman–Crippen MR) is 71.5 cm³/mol. The molecule has 2 aliphatic carbocycles. The molecular formula is C15H20OS. The van der Waals surface area contributed by atoms with E-state index < -0.39 is 10.8 Å². The number of hydrogen-bond donors (Lipinski definition) is 0. The lowest BCUT2D eigenvalue weighted by atomic mass is 9.90. The summed E-state index contributed by atoms with van der Waals surface area (Å²) in [7, 11) is -0.809. The molecule has 0 N–H and O–H groups in total. The number of rotatable bonds is 2. The zero-order valence-corrected chi connectivity index (χ0v) is 11.5. The molecule has 0 spiro atoms. The molecule has 1 aromatic rings. The minimum absolute atomic E-state index is 0.112. The van der Waals surface area contributed by atoms with E-state index in [1.807, 2.05) is 12.1 Å². The highest BCUT2D eigenvalue weighted by Crippen LogP contribution is 2.68. The van der Waals surface area contributed by atoms with Crippen molar-refractivity contribution in [2.24, 2.45) is 5.41 Å². The van der Waals surface area contributed by atoms with Crippen LogP contribution in [0.4, 0.5) is 0 Å². The van der Waals surface area contributed by atoms with Crippen LogP contribution in [0.5, 0.6) is 0 Å². The molecule has 3 atom stereocenters. The Morgan fingerprint density at radius 3 is 2.41 bits per heavy atom. The van der Waals surface area contributed by atoms with Crippen LogP contribution in [0.15, 0.2) is 29.2 Å². The second-order valence-electron chi connectivity index (χ2n) is 6.02. The van der Waals surface area contributed by atoms with Crippen LogP contribution < -0.4 is 0 Å². The second kappa shape index (κ2) is 3.68. The smallest absolute Gasteiger partial charge is 0.0597 e. The fourth-order valence-corrected chi connectivity index (χ4v) is 5.65. The van der Waals surface area contributed by atoms with Crippen molar-refractivity contribution in [2.75, 3.05) is 0 Å². The lowest BCUT2D eigenvalue weighted by Crippen LogP contribution is -2.27. The molecular weight excluding hydrogens is 228 g/mol. The maximum atomic E-state index is 12.8. The molecule has 2 fully saturated rings. The second-order valence-corrected chi connectivity index (χ2v) is 7.81. The van der Waals surface area contributed by atoms with Gasteiger partial charge in [0.1, 0.15) is 0 Å². The van der Waals surface area contributed by atoms with Gasteiger partial charge in [-0.3, -0.25) is 4.21 Å². The first-order valence-electron chi connectivity index (χ1n) is 6.56. The number of hydrogen-bond acceptors (Lipinski definition) is 1. The summed E-state index contributed by atoms with van der Waals surface area (Å²) in [5, 5.41) is 0. The molecule has 0 aromatic heterocycles. The van der Waals surface area contributed by atoms with Gasteiger partial charge in [0.25, 0.3) is 0 Å². The maximum absolute atomic E-state index is 12.8. The molecule has 92 valence electrons. The van der Waals surface area contributed by atoms with Crippen LogP contribution >= 0.6 is 0 Å². The highest BCUT2D eigenvalue weighted by atomic mass is 32.2. The van der Waals surface area contributed by atoms with E-state index in [0.29, 0.717) is 5.41 Å². The number of aryl methyl sites for hydroxylation is 1. The molecule has 0 radical (unpaired) electrons. The van der Waals surface area contributed by atoms with Crippen LogP contribution in [-0.4, -0.2) is 8.96 Å². The van der Waals surface area contributed by atoms with Gasteiger partial charge < -0.3 is 0 Å². The first kappa shape index (κ1) is 11.5. The molecule has 17 heavy (non-hydrogen) atoms. The Kier molecular flexibility index (Phi) is 2.48. The molecule has 0 heterocycles. The van der Waals surface area contributed by atoms with Crippen molar-refractivity contribution in [1.29, 1.82) is 0 Å². The van der Waals surface area contributed by atoms with Gasteiger partial charge in [-0.25, -0.2) is 0 Å². The summed E-state index contributed by atoms with van der Waals surface area (Å²) in [5.41, 5.74) is 1.60. The monoisotopic (exact) mass is 248 g/mol. The third-order valence-corrected chi connectivity index (χ3v) is 7.05. The van der Waals surface area contributed by atoms with E-state index in [1.54, 1.807) is 0 Å². The summed E-state index contributed by atoms with van der Waals surface area (Å²) >= 11 is 0. The predicted octanol–water partition coefficient (Wildman–Crippen LogP) is 3.83. The van der Waals surface area contributed by atoms with E-state index in [9.17, 15) is 4.21 Å². The van der Waals surface area contributed by atoms with E-state index in [4.69, 9.17) is 0 Å². The standard InChI is InChI=1S/C15H20OS/c1-12-5-7-13(8-6-12)17(16)15-10-4-3-9-14(15,2)11-15/h5-8H,3-4,9-11H2,1-2H3/t14-,15+,17?/m0/s1. The van der Waals surface area contributed by atoms with E-state index in [0.717, 1.165) is 11.3 Å². The molecule has 1 nitrogen and oxygen atoms in total. The van der Waals surface area contributed by atoms with E-state index >= 15 is 0 Å². The summed E-state index contributed by atoms with van der Waals surface area (Å²) in [4.78, 5) is 1.03. The highest BCUT2D eigenvalue weighted by molar-refractivity contribution is 7.87. The SMILES string of the molecule is Cc1ccc(S(=O)[C@@]23CCCC[C@@]2(C)C3)cc1. The molecule has 2 saturated carbocycles. The van der Waals surface area contributed by atoms with Gasteiger partial charge >= 0.3 is 0 Å². The average molecular weight is 248 g/mol. The van der Waals surface area contributed by atoms with Gasteiger partial charge in [0.05, 0.1) is 15.5 Å². The molecule has 0 bridgehead atoms. The van der Waals surface area contributed by atoms with Crippen LogP contribution in [0.1, 0.15) is 44.6 Å². The Hall–Kier alpha value is -0.630. The fourth-order valence-electron chi connectivity index (χ4n) is 3.49. The van der Waals surface area contributed by atoms with Gasteiger partial charge in [-0.15, -0.1) is 0 Å². The van der Waals surface area contributed by atoms with Crippen LogP contribution in [0.3, 0.4) is 0 Å². The highest BCUT2D eigenvalue weighted by Gasteiger charge is 2.68. The third-order valence-electron chi connectivity index (χ3n) is 4.80. The van der Waals surface area contributed by atoms with Crippen molar-refractivity contribution in [3.8, 4) is 0 Å². The molecule has 2 heteroatoms. The molecule has 2 aliphatic rings. The van der Waals surface area contributed by atoms with Crippen LogP contribution in [0.2, 0.25) is 0 Å². The lowest BCUT2D eigenvalue weighted by molar-refractivity contribution is 0.380. The van der Waals surface area contributed by atoms with Gasteiger partial charge in [0, 0.05) is 4.90 Å². The normalized spacial score (nSPS) is 37.3.